The van der Waals surface area contributed by atoms with Gasteiger partial charge in [0, 0.05) is 25.2 Å². The minimum absolute atomic E-state index is 0.00204. The van der Waals surface area contributed by atoms with E-state index in [9.17, 15) is 23.6 Å². The van der Waals surface area contributed by atoms with Gasteiger partial charge in [0.2, 0.25) is 10.0 Å². The molecule has 1 aliphatic heterocycles. The molecule has 1 fully saturated rings. The molecule has 0 radical (unpaired) electrons. The Morgan fingerprint density at radius 3 is 2.39 bits per heavy atom. The molecule has 1 N–H and O–H groups in total. The van der Waals surface area contributed by atoms with Gasteiger partial charge in [-0.05, 0) is 18.6 Å². The number of benzene rings is 1. The summed E-state index contributed by atoms with van der Waals surface area (Å²) in [5, 5.41) is 19.8. The average Bonchev–Trinajstić information content (AvgIpc) is 2.76. The van der Waals surface area contributed by atoms with Gasteiger partial charge < -0.3 is 5.11 Å². The number of rotatable bonds is 3. The lowest BCUT2D eigenvalue weighted by Gasteiger charge is -2.15. The Morgan fingerprint density at radius 1 is 1.33 bits per heavy atom. The fourth-order valence-electron chi connectivity index (χ4n) is 1.82. The van der Waals surface area contributed by atoms with Gasteiger partial charge in [0.1, 0.15) is 0 Å². The van der Waals surface area contributed by atoms with Crippen LogP contribution in [0.4, 0.5) is 5.69 Å². The summed E-state index contributed by atoms with van der Waals surface area (Å²) in [5.74, 6) is 0. The molecule has 1 saturated heterocycles. The van der Waals surface area contributed by atoms with Crippen LogP contribution in [0.25, 0.3) is 0 Å². The lowest BCUT2D eigenvalue weighted by atomic mass is 10.3. The Morgan fingerprint density at radius 2 is 1.94 bits per heavy atom. The highest BCUT2D eigenvalue weighted by molar-refractivity contribution is 7.89. The number of nitrogens with zero attached hydrogens (tertiary/aromatic N) is 2. The predicted molar refractivity (Wildman–Crippen MR) is 62.5 cm³/mol. The van der Waals surface area contributed by atoms with Crippen molar-refractivity contribution in [3.05, 3.63) is 34.4 Å². The second-order valence-electron chi connectivity index (χ2n) is 4.06. The molecule has 8 heteroatoms. The van der Waals surface area contributed by atoms with Crippen LogP contribution in [0.15, 0.2) is 29.2 Å². The Hall–Kier alpha value is -1.51. The fourth-order valence-corrected chi connectivity index (χ4v) is 3.31. The number of sulfonamides is 1. The summed E-state index contributed by atoms with van der Waals surface area (Å²) in [6.07, 6.45) is -0.232. The third-order valence-electron chi connectivity index (χ3n) is 2.81. The zero-order chi connectivity index (χ0) is 13.3. The summed E-state index contributed by atoms with van der Waals surface area (Å²) in [7, 11) is -3.66. The van der Waals surface area contributed by atoms with Gasteiger partial charge in [-0.25, -0.2) is 8.42 Å². The Balaban J connectivity index is 2.27. The van der Waals surface area contributed by atoms with Crippen molar-refractivity contribution in [3.8, 4) is 0 Å². The second kappa shape index (κ2) is 4.63. The largest absolute Gasteiger partial charge is 0.392 e. The maximum absolute atomic E-state index is 12.1. The van der Waals surface area contributed by atoms with E-state index in [0.717, 1.165) is 12.1 Å². The third-order valence-corrected chi connectivity index (χ3v) is 4.69. The molecule has 18 heavy (non-hydrogen) atoms. The van der Waals surface area contributed by atoms with E-state index in [1.54, 1.807) is 0 Å². The fraction of sp³-hybridized carbons (Fsp3) is 0.400. The summed E-state index contributed by atoms with van der Waals surface area (Å²) in [5.41, 5.74) is -0.157. The van der Waals surface area contributed by atoms with Crippen LogP contribution in [-0.2, 0) is 10.0 Å². The van der Waals surface area contributed by atoms with Gasteiger partial charge in [0.25, 0.3) is 5.69 Å². The van der Waals surface area contributed by atoms with Crippen LogP contribution < -0.4 is 0 Å². The number of nitro groups is 1. The maximum Gasteiger partial charge on any atom is 0.269 e. The van der Waals surface area contributed by atoms with Crippen molar-refractivity contribution in [2.45, 2.75) is 17.4 Å². The first-order valence-corrected chi connectivity index (χ1v) is 6.78. The van der Waals surface area contributed by atoms with E-state index in [1.807, 2.05) is 0 Å². The Bertz CT molecular complexity index is 554. The highest BCUT2D eigenvalue weighted by atomic mass is 32.2. The summed E-state index contributed by atoms with van der Waals surface area (Å²) in [6, 6.07) is 4.72. The van der Waals surface area contributed by atoms with Crippen molar-refractivity contribution in [3.63, 3.8) is 0 Å². The molecule has 2 rings (SSSR count). The molecule has 0 bridgehead atoms. The molecule has 1 heterocycles. The molecule has 1 aliphatic rings. The summed E-state index contributed by atoms with van der Waals surface area (Å²) in [6.45, 7) is 0.333. The van der Waals surface area contributed by atoms with Crippen LogP contribution in [0.3, 0.4) is 0 Å². The van der Waals surface area contributed by atoms with Crippen molar-refractivity contribution in [1.82, 2.24) is 4.31 Å². The highest BCUT2D eigenvalue weighted by Gasteiger charge is 2.31. The van der Waals surface area contributed by atoms with Crippen LogP contribution >= 0.6 is 0 Å². The zero-order valence-electron chi connectivity index (χ0n) is 9.39. The number of aliphatic hydroxyl groups is 1. The quantitative estimate of drug-likeness (QED) is 0.632. The van der Waals surface area contributed by atoms with Gasteiger partial charge >= 0.3 is 0 Å². The SMILES string of the molecule is O=[N+]([O-])c1ccc(S(=O)(=O)N2CCC(O)C2)cc1. The van der Waals surface area contributed by atoms with Gasteiger partial charge in [0.05, 0.1) is 15.9 Å². The Labute approximate surface area is 104 Å². The van der Waals surface area contributed by atoms with E-state index in [4.69, 9.17) is 0 Å². The zero-order valence-corrected chi connectivity index (χ0v) is 10.2. The van der Waals surface area contributed by atoms with Crippen molar-refractivity contribution in [2.24, 2.45) is 0 Å². The predicted octanol–water partition coefficient (Wildman–Crippen LogP) is 0.350. The highest BCUT2D eigenvalue weighted by Crippen LogP contribution is 2.22. The standard InChI is InChI=1S/C10H12N2O5S/c13-9-5-6-11(7-9)18(16,17)10-3-1-8(2-4-10)12(14)15/h1-4,9,13H,5-7H2. The first-order valence-electron chi connectivity index (χ1n) is 5.34. The van der Waals surface area contributed by atoms with Crippen LogP contribution in [0, 0.1) is 10.1 Å². The molecule has 0 saturated carbocycles. The van der Waals surface area contributed by atoms with E-state index < -0.39 is 21.1 Å². The molecule has 0 spiro atoms. The van der Waals surface area contributed by atoms with E-state index in [-0.39, 0.29) is 23.7 Å². The van der Waals surface area contributed by atoms with Crippen molar-refractivity contribution in [2.75, 3.05) is 13.1 Å². The molecule has 1 aromatic rings. The molecular weight excluding hydrogens is 260 g/mol. The van der Waals surface area contributed by atoms with E-state index in [0.29, 0.717) is 6.42 Å². The lowest BCUT2D eigenvalue weighted by molar-refractivity contribution is -0.384. The minimum Gasteiger partial charge on any atom is -0.392 e. The van der Waals surface area contributed by atoms with Crippen molar-refractivity contribution < 1.29 is 18.4 Å². The molecule has 1 aromatic carbocycles. The molecule has 1 atom stereocenters. The van der Waals surface area contributed by atoms with Crippen LogP contribution in [0.5, 0.6) is 0 Å². The number of hydrogen-bond donors (Lipinski definition) is 1. The van der Waals surface area contributed by atoms with Gasteiger partial charge in [-0.3, -0.25) is 10.1 Å². The monoisotopic (exact) mass is 272 g/mol. The lowest BCUT2D eigenvalue weighted by Crippen LogP contribution is -2.29. The number of hydrogen-bond acceptors (Lipinski definition) is 5. The normalized spacial score (nSPS) is 21.1. The topological polar surface area (TPSA) is 101 Å². The van der Waals surface area contributed by atoms with Crippen LogP contribution in [0.2, 0.25) is 0 Å². The number of nitro benzene ring substituents is 1. The van der Waals surface area contributed by atoms with E-state index in [1.165, 1.54) is 16.4 Å². The first-order chi connectivity index (χ1) is 8.41. The third kappa shape index (κ3) is 2.35. The van der Waals surface area contributed by atoms with Crippen molar-refractivity contribution >= 4 is 15.7 Å². The summed E-state index contributed by atoms with van der Waals surface area (Å²) < 4.78 is 25.4. The molecule has 7 nitrogen and oxygen atoms in total. The second-order valence-corrected chi connectivity index (χ2v) is 5.99. The maximum atomic E-state index is 12.1. The van der Waals surface area contributed by atoms with Crippen molar-refractivity contribution in [1.29, 1.82) is 0 Å². The van der Waals surface area contributed by atoms with E-state index in [2.05, 4.69) is 0 Å². The summed E-state index contributed by atoms with van der Waals surface area (Å²) in [4.78, 5) is 9.89. The van der Waals surface area contributed by atoms with Gasteiger partial charge in [-0.1, -0.05) is 0 Å². The number of aliphatic hydroxyl groups excluding tert-OH is 1. The first kappa shape index (κ1) is 12.9. The minimum atomic E-state index is -3.66. The van der Waals surface area contributed by atoms with Gasteiger partial charge in [-0.2, -0.15) is 4.31 Å². The molecule has 1 unspecified atom stereocenters. The molecular formula is C10H12N2O5S. The Kier molecular flexibility index (Phi) is 3.33. The van der Waals surface area contributed by atoms with Gasteiger partial charge in [-0.15, -0.1) is 0 Å². The average molecular weight is 272 g/mol. The molecule has 0 aromatic heterocycles. The van der Waals surface area contributed by atoms with Crippen LogP contribution in [0.1, 0.15) is 6.42 Å². The number of non-ortho nitro benzene ring substituents is 1. The van der Waals surface area contributed by atoms with E-state index >= 15 is 0 Å². The number of β-amino-alcohol motifs (C(OH)–C–C–N with tert-alkyl or cyclic N) is 1. The summed E-state index contributed by atoms with van der Waals surface area (Å²) >= 11 is 0. The molecule has 98 valence electrons. The molecule has 0 aliphatic carbocycles. The molecule has 0 amide bonds. The smallest absolute Gasteiger partial charge is 0.269 e. The van der Waals surface area contributed by atoms with Gasteiger partial charge in [0.15, 0.2) is 0 Å². The van der Waals surface area contributed by atoms with Crippen LogP contribution in [-0.4, -0.2) is 41.9 Å².